The van der Waals surface area contributed by atoms with Crippen molar-refractivity contribution in [1.29, 1.82) is 0 Å². The van der Waals surface area contributed by atoms with Crippen molar-refractivity contribution in [3.8, 4) is 0 Å². The fourth-order valence-corrected chi connectivity index (χ4v) is 3.55. The third-order valence-corrected chi connectivity index (χ3v) is 5.00. The molecule has 3 saturated carbocycles. The predicted molar refractivity (Wildman–Crippen MR) is 73.6 cm³/mol. The Balaban J connectivity index is 1.66. The molecule has 3 aliphatic rings. The van der Waals surface area contributed by atoms with Gasteiger partial charge in [0.15, 0.2) is 0 Å². The Morgan fingerprint density at radius 2 is 2.00 bits per heavy atom. The molecule has 2 unspecified atom stereocenters. The summed E-state index contributed by atoms with van der Waals surface area (Å²) in [5.41, 5.74) is 5.57. The number of rotatable bonds is 5. The van der Waals surface area contributed by atoms with E-state index in [2.05, 4.69) is 4.90 Å². The van der Waals surface area contributed by atoms with Crippen molar-refractivity contribution in [2.75, 3.05) is 13.7 Å². The van der Waals surface area contributed by atoms with Gasteiger partial charge >= 0.3 is 5.97 Å². The molecule has 19 heavy (non-hydrogen) atoms. The summed E-state index contributed by atoms with van der Waals surface area (Å²) in [5.74, 6) is 0.687. The number of hydrogen-bond acceptors (Lipinski definition) is 4. The summed E-state index contributed by atoms with van der Waals surface area (Å²) < 4.78 is 4.91. The lowest BCUT2D eigenvalue weighted by Gasteiger charge is -2.41. The van der Waals surface area contributed by atoms with Crippen LogP contribution in [0.2, 0.25) is 0 Å². The largest absolute Gasteiger partial charge is 0.468 e. The van der Waals surface area contributed by atoms with Crippen LogP contribution < -0.4 is 5.73 Å². The number of nitrogens with zero attached hydrogens (tertiary/aromatic N) is 1. The van der Waals surface area contributed by atoms with Gasteiger partial charge in [0.2, 0.25) is 0 Å². The van der Waals surface area contributed by atoms with Crippen molar-refractivity contribution < 1.29 is 9.53 Å². The molecule has 3 rings (SSSR count). The molecule has 0 aromatic heterocycles. The normalized spacial score (nSPS) is 35.4. The summed E-state index contributed by atoms with van der Waals surface area (Å²) in [7, 11) is 1.45. The third-order valence-electron chi connectivity index (χ3n) is 5.00. The maximum absolute atomic E-state index is 11.9. The zero-order valence-corrected chi connectivity index (χ0v) is 11.9. The van der Waals surface area contributed by atoms with Gasteiger partial charge in [0.1, 0.15) is 5.54 Å². The number of hydrogen-bond donors (Lipinski definition) is 1. The lowest BCUT2D eigenvalue weighted by atomic mass is 9.79. The molecule has 0 radical (unpaired) electrons. The molecule has 0 saturated heterocycles. The minimum Gasteiger partial charge on any atom is -0.468 e. The predicted octanol–water partition coefficient (Wildman–Crippen LogP) is 1.67. The van der Waals surface area contributed by atoms with Gasteiger partial charge in [-0.3, -0.25) is 9.69 Å². The van der Waals surface area contributed by atoms with Crippen LogP contribution in [0.5, 0.6) is 0 Å². The van der Waals surface area contributed by atoms with Crippen LogP contribution in [0.4, 0.5) is 0 Å². The summed E-state index contributed by atoms with van der Waals surface area (Å²) in [6, 6.07) is 1.26. The molecule has 0 spiro atoms. The van der Waals surface area contributed by atoms with Crippen LogP contribution in [0.25, 0.3) is 0 Å². The second-order valence-electron chi connectivity index (χ2n) is 6.77. The van der Waals surface area contributed by atoms with E-state index in [1.165, 1.54) is 45.8 Å². The molecule has 0 aromatic carbocycles. The third kappa shape index (κ3) is 2.95. The van der Waals surface area contributed by atoms with Crippen molar-refractivity contribution in [3.05, 3.63) is 0 Å². The van der Waals surface area contributed by atoms with E-state index >= 15 is 0 Å². The molecule has 0 heterocycles. The Labute approximate surface area is 115 Å². The molecule has 4 nitrogen and oxygen atoms in total. The average Bonchev–Trinajstić information content (AvgIpc) is 3.27. The molecule has 0 aliphatic heterocycles. The molecule has 0 bridgehead atoms. The highest BCUT2D eigenvalue weighted by Crippen LogP contribution is 2.40. The van der Waals surface area contributed by atoms with Crippen LogP contribution in [-0.4, -0.2) is 42.1 Å². The van der Waals surface area contributed by atoms with E-state index in [0.717, 1.165) is 31.2 Å². The van der Waals surface area contributed by atoms with Gasteiger partial charge < -0.3 is 10.5 Å². The highest BCUT2D eigenvalue weighted by Gasteiger charge is 2.45. The maximum Gasteiger partial charge on any atom is 0.325 e. The smallest absolute Gasteiger partial charge is 0.325 e. The molecular formula is C15H26N2O2. The van der Waals surface area contributed by atoms with Gasteiger partial charge in [-0.1, -0.05) is 0 Å². The number of esters is 1. The van der Waals surface area contributed by atoms with Crippen LogP contribution in [0.15, 0.2) is 0 Å². The Bertz CT molecular complexity index is 352. The van der Waals surface area contributed by atoms with E-state index in [9.17, 15) is 4.79 Å². The van der Waals surface area contributed by atoms with Crippen LogP contribution in [0, 0.1) is 5.92 Å². The number of carbonyl (C=O) groups excluding carboxylic acids is 1. The SMILES string of the molecule is COC(=O)C1(N)CCCC(N(CC2CC2)C2CC2)C1. The minimum atomic E-state index is -0.742. The van der Waals surface area contributed by atoms with E-state index in [0.29, 0.717) is 6.04 Å². The zero-order valence-electron chi connectivity index (χ0n) is 11.9. The second kappa shape index (κ2) is 5.06. The Kier molecular flexibility index (Phi) is 3.56. The average molecular weight is 266 g/mol. The van der Waals surface area contributed by atoms with Gasteiger partial charge in [-0.05, 0) is 57.3 Å². The van der Waals surface area contributed by atoms with Crippen molar-refractivity contribution in [2.45, 2.75) is 69.0 Å². The molecule has 4 heteroatoms. The van der Waals surface area contributed by atoms with E-state index in [1.54, 1.807) is 0 Å². The lowest BCUT2D eigenvalue weighted by Crippen LogP contribution is -2.56. The molecule has 2 N–H and O–H groups in total. The fourth-order valence-electron chi connectivity index (χ4n) is 3.55. The molecular weight excluding hydrogens is 240 g/mol. The lowest BCUT2D eigenvalue weighted by molar-refractivity contribution is -0.149. The summed E-state index contributed by atoms with van der Waals surface area (Å²) >= 11 is 0. The highest BCUT2D eigenvalue weighted by atomic mass is 16.5. The Hall–Kier alpha value is -0.610. The highest BCUT2D eigenvalue weighted by molar-refractivity contribution is 5.80. The second-order valence-corrected chi connectivity index (χ2v) is 6.77. The van der Waals surface area contributed by atoms with Gasteiger partial charge in [0.05, 0.1) is 7.11 Å². The monoisotopic (exact) mass is 266 g/mol. The van der Waals surface area contributed by atoms with Gasteiger partial charge in [-0.25, -0.2) is 0 Å². The first-order valence-electron chi connectivity index (χ1n) is 7.75. The Morgan fingerprint density at radius 3 is 2.58 bits per heavy atom. The number of carbonyl (C=O) groups is 1. The number of ether oxygens (including phenoxy) is 1. The molecule has 108 valence electrons. The Morgan fingerprint density at radius 1 is 1.26 bits per heavy atom. The maximum atomic E-state index is 11.9. The molecule has 0 amide bonds. The molecule has 3 fully saturated rings. The van der Waals surface area contributed by atoms with Gasteiger partial charge in [0.25, 0.3) is 0 Å². The van der Waals surface area contributed by atoms with Crippen LogP contribution in [-0.2, 0) is 9.53 Å². The van der Waals surface area contributed by atoms with E-state index in [4.69, 9.17) is 10.5 Å². The van der Waals surface area contributed by atoms with E-state index in [-0.39, 0.29) is 5.97 Å². The number of methoxy groups -OCH3 is 1. The minimum absolute atomic E-state index is 0.223. The first-order chi connectivity index (χ1) is 9.12. The summed E-state index contributed by atoms with van der Waals surface area (Å²) in [6.45, 7) is 1.23. The van der Waals surface area contributed by atoms with Crippen LogP contribution in [0.3, 0.4) is 0 Å². The van der Waals surface area contributed by atoms with Crippen molar-refractivity contribution in [3.63, 3.8) is 0 Å². The first-order valence-corrected chi connectivity index (χ1v) is 7.75. The van der Waals surface area contributed by atoms with Crippen molar-refractivity contribution >= 4 is 5.97 Å². The quantitative estimate of drug-likeness (QED) is 0.769. The fraction of sp³-hybridized carbons (Fsp3) is 0.933. The molecule has 3 aliphatic carbocycles. The molecule has 0 aromatic rings. The first kappa shape index (κ1) is 13.4. The summed E-state index contributed by atoms with van der Waals surface area (Å²) in [5, 5.41) is 0. The van der Waals surface area contributed by atoms with E-state index < -0.39 is 5.54 Å². The van der Waals surface area contributed by atoms with Crippen molar-refractivity contribution in [2.24, 2.45) is 11.7 Å². The van der Waals surface area contributed by atoms with Gasteiger partial charge in [-0.2, -0.15) is 0 Å². The topological polar surface area (TPSA) is 55.6 Å². The molecule has 2 atom stereocenters. The summed E-state index contributed by atoms with van der Waals surface area (Å²) in [4.78, 5) is 14.6. The zero-order chi connectivity index (χ0) is 13.5. The van der Waals surface area contributed by atoms with Gasteiger partial charge in [-0.15, -0.1) is 0 Å². The number of nitrogens with two attached hydrogens (primary N) is 1. The standard InChI is InChI=1S/C15H26N2O2/c1-19-14(18)15(16)8-2-3-13(9-15)17(12-6-7-12)10-11-4-5-11/h11-13H,2-10,16H2,1H3. The van der Waals surface area contributed by atoms with Crippen LogP contribution in [0.1, 0.15) is 51.4 Å². The summed E-state index contributed by atoms with van der Waals surface area (Å²) in [6.07, 6.45) is 9.24. The van der Waals surface area contributed by atoms with Crippen molar-refractivity contribution in [1.82, 2.24) is 4.90 Å². The van der Waals surface area contributed by atoms with E-state index in [1.807, 2.05) is 0 Å². The van der Waals surface area contributed by atoms with Gasteiger partial charge in [0, 0.05) is 18.6 Å². The van der Waals surface area contributed by atoms with Crippen LogP contribution >= 0.6 is 0 Å².